The van der Waals surface area contributed by atoms with Crippen LogP contribution in [0.25, 0.3) is 0 Å². The van der Waals surface area contributed by atoms with E-state index in [0.29, 0.717) is 6.79 Å². The Labute approximate surface area is 78.2 Å². The van der Waals surface area contributed by atoms with E-state index in [9.17, 15) is 0 Å². The molecule has 4 nitrogen and oxygen atoms in total. The summed E-state index contributed by atoms with van der Waals surface area (Å²) >= 11 is 0. The van der Waals surface area contributed by atoms with Gasteiger partial charge in [-0.1, -0.05) is 0 Å². The monoisotopic (exact) mass is 187 g/mol. The van der Waals surface area contributed by atoms with Crippen LogP contribution in [0.2, 0.25) is 0 Å². The lowest BCUT2D eigenvalue weighted by molar-refractivity contribution is -0.137. The lowest BCUT2D eigenvalue weighted by atomic mass is 10.2. The molecule has 0 amide bonds. The molecule has 2 N–H and O–H groups in total. The van der Waals surface area contributed by atoms with Crippen molar-refractivity contribution in [1.29, 1.82) is 0 Å². The Bertz CT molecular complexity index is 164. The second-order valence-electron chi connectivity index (χ2n) is 3.92. The van der Waals surface area contributed by atoms with Crippen LogP contribution in [0.3, 0.4) is 0 Å². The van der Waals surface area contributed by atoms with E-state index in [2.05, 4.69) is 5.32 Å². The summed E-state index contributed by atoms with van der Waals surface area (Å²) in [7, 11) is 0. The SMILES string of the molecule is OCC1(NCC2CCOCO2)CC1. The third-order valence-corrected chi connectivity index (χ3v) is 2.83. The first-order valence-electron chi connectivity index (χ1n) is 4.90. The molecule has 2 aliphatic rings. The Morgan fingerprint density at radius 2 is 2.31 bits per heavy atom. The summed E-state index contributed by atoms with van der Waals surface area (Å²) in [4.78, 5) is 0. The molecule has 1 saturated carbocycles. The number of hydrogen-bond acceptors (Lipinski definition) is 4. The molecular formula is C9H17NO3. The maximum absolute atomic E-state index is 9.06. The van der Waals surface area contributed by atoms with Gasteiger partial charge in [0.05, 0.1) is 19.3 Å². The normalized spacial score (nSPS) is 31.6. The summed E-state index contributed by atoms with van der Waals surface area (Å²) in [6.45, 7) is 2.29. The van der Waals surface area contributed by atoms with E-state index >= 15 is 0 Å². The molecule has 1 atom stereocenters. The molecule has 0 aromatic rings. The van der Waals surface area contributed by atoms with E-state index in [4.69, 9.17) is 14.6 Å². The van der Waals surface area contributed by atoms with Gasteiger partial charge in [0.25, 0.3) is 0 Å². The van der Waals surface area contributed by atoms with Gasteiger partial charge in [0, 0.05) is 12.1 Å². The van der Waals surface area contributed by atoms with Gasteiger partial charge in [-0.2, -0.15) is 0 Å². The maximum atomic E-state index is 9.06. The molecule has 1 heterocycles. The van der Waals surface area contributed by atoms with Gasteiger partial charge in [-0.05, 0) is 19.3 Å². The molecule has 1 saturated heterocycles. The maximum Gasteiger partial charge on any atom is 0.147 e. The minimum Gasteiger partial charge on any atom is -0.394 e. The summed E-state index contributed by atoms with van der Waals surface area (Å²) in [6.07, 6.45) is 3.39. The average Bonchev–Trinajstić information content (AvgIpc) is 2.97. The first-order valence-corrected chi connectivity index (χ1v) is 4.90. The van der Waals surface area contributed by atoms with Crippen molar-refractivity contribution in [1.82, 2.24) is 5.32 Å². The molecule has 2 rings (SSSR count). The highest BCUT2D eigenvalue weighted by atomic mass is 16.7. The minimum absolute atomic E-state index is 0.0294. The second kappa shape index (κ2) is 3.92. The van der Waals surface area contributed by atoms with Crippen LogP contribution >= 0.6 is 0 Å². The van der Waals surface area contributed by atoms with E-state index in [1.54, 1.807) is 0 Å². The Hall–Kier alpha value is -0.160. The lowest BCUT2D eigenvalue weighted by Crippen LogP contribution is -2.42. The largest absolute Gasteiger partial charge is 0.394 e. The highest BCUT2D eigenvalue weighted by Crippen LogP contribution is 2.34. The van der Waals surface area contributed by atoms with Crippen molar-refractivity contribution in [2.75, 3.05) is 26.6 Å². The molecule has 76 valence electrons. The zero-order chi connectivity index (χ0) is 9.15. The van der Waals surface area contributed by atoms with Gasteiger partial charge in [-0.25, -0.2) is 0 Å². The van der Waals surface area contributed by atoms with Gasteiger partial charge >= 0.3 is 0 Å². The fourth-order valence-electron chi connectivity index (χ4n) is 1.53. The number of aliphatic hydroxyl groups is 1. The van der Waals surface area contributed by atoms with Crippen molar-refractivity contribution in [2.24, 2.45) is 0 Å². The Morgan fingerprint density at radius 3 is 2.85 bits per heavy atom. The van der Waals surface area contributed by atoms with Crippen LogP contribution in [0, 0.1) is 0 Å². The smallest absolute Gasteiger partial charge is 0.147 e. The van der Waals surface area contributed by atoms with Crippen molar-refractivity contribution in [3.8, 4) is 0 Å². The number of ether oxygens (including phenoxy) is 2. The van der Waals surface area contributed by atoms with Crippen molar-refractivity contribution in [3.05, 3.63) is 0 Å². The van der Waals surface area contributed by atoms with Crippen LogP contribution in [0.1, 0.15) is 19.3 Å². The third-order valence-electron chi connectivity index (χ3n) is 2.83. The van der Waals surface area contributed by atoms with Gasteiger partial charge in [0.15, 0.2) is 0 Å². The highest BCUT2D eigenvalue weighted by Gasteiger charge is 2.41. The topological polar surface area (TPSA) is 50.7 Å². The predicted molar refractivity (Wildman–Crippen MR) is 47.4 cm³/mol. The van der Waals surface area contributed by atoms with Crippen LogP contribution in [-0.4, -0.2) is 43.3 Å². The fraction of sp³-hybridized carbons (Fsp3) is 1.00. The van der Waals surface area contributed by atoms with Crippen LogP contribution < -0.4 is 5.32 Å². The zero-order valence-electron chi connectivity index (χ0n) is 7.79. The Morgan fingerprint density at radius 1 is 1.46 bits per heavy atom. The van der Waals surface area contributed by atoms with Crippen LogP contribution in [0.4, 0.5) is 0 Å². The molecule has 0 radical (unpaired) electrons. The molecule has 0 aromatic carbocycles. The zero-order valence-corrected chi connectivity index (χ0v) is 7.79. The summed E-state index contributed by atoms with van der Waals surface area (Å²) in [5, 5.41) is 12.4. The van der Waals surface area contributed by atoms with Gasteiger partial charge in [0.1, 0.15) is 6.79 Å². The lowest BCUT2D eigenvalue weighted by Gasteiger charge is -2.25. The van der Waals surface area contributed by atoms with E-state index in [0.717, 1.165) is 32.4 Å². The number of nitrogens with one attached hydrogen (secondary N) is 1. The molecule has 0 aromatic heterocycles. The van der Waals surface area contributed by atoms with E-state index in [1.807, 2.05) is 0 Å². The van der Waals surface area contributed by atoms with Crippen molar-refractivity contribution >= 4 is 0 Å². The standard InChI is InChI=1S/C9H17NO3/c11-6-9(2-3-9)10-5-8-1-4-12-7-13-8/h8,10-11H,1-7H2. The number of aliphatic hydroxyl groups excluding tert-OH is 1. The van der Waals surface area contributed by atoms with Crippen LogP contribution in [0.5, 0.6) is 0 Å². The summed E-state index contributed by atoms with van der Waals surface area (Å²) in [5.41, 5.74) is 0.0294. The van der Waals surface area contributed by atoms with Crippen LogP contribution in [-0.2, 0) is 9.47 Å². The Balaban J connectivity index is 1.66. The molecule has 1 unspecified atom stereocenters. The summed E-state index contributed by atoms with van der Waals surface area (Å²) in [6, 6.07) is 0. The molecular weight excluding hydrogens is 170 g/mol. The minimum atomic E-state index is 0.0294. The van der Waals surface area contributed by atoms with Crippen LogP contribution in [0.15, 0.2) is 0 Å². The van der Waals surface area contributed by atoms with Gasteiger partial charge in [0.2, 0.25) is 0 Å². The Kier molecular flexibility index (Phi) is 2.83. The molecule has 2 fully saturated rings. The van der Waals surface area contributed by atoms with E-state index < -0.39 is 0 Å². The molecule has 0 bridgehead atoms. The molecule has 1 aliphatic carbocycles. The van der Waals surface area contributed by atoms with Gasteiger partial charge < -0.3 is 19.9 Å². The van der Waals surface area contributed by atoms with E-state index in [1.165, 1.54) is 0 Å². The first kappa shape index (κ1) is 9.40. The number of hydrogen-bond donors (Lipinski definition) is 2. The fourth-order valence-corrected chi connectivity index (χ4v) is 1.53. The second-order valence-corrected chi connectivity index (χ2v) is 3.92. The third kappa shape index (κ3) is 2.40. The predicted octanol–water partition coefficient (Wildman–Crippen LogP) is -0.136. The molecule has 0 spiro atoms. The summed E-state index contributed by atoms with van der Waals surface area (Å²) in [5.74, 6) is 0. The van der Waals surface area contributed by atoms with E-state index in [-0.39, 0.29) is 18.2 Å². The van der Waals surface area contributed by atoms with Crippen molar-refractivity contribution < 1.29 is 14.6 Å². The quantitative estimate of drug-likeness (QED) is 0.643. The molecule has 1 aliphatic heterocycles. The molecule has 13 heavy (non-hydrogen) atoms. The highest BCUT2D eigenvalue weighted by molar-refractivity contribution is 5.01. The number of rotatable bonds is 4. The van der Waals surface area contributed by atoms with Crippen molar-refractivity contribution in [3.63, 3.8) is 0 Å². The van der Waals surface area contributed by atoms with Gasteiger partial charge in [-0.3, -0.25) is 0 Å². The average molecular weight is 187 g/mol. The van der Waals surface area contributed by atoms with Crippen molar-refractivity contribution in [2.45, 2.75) is 30.9 Å². The first-order chi connectivity index (χ1) is 6.35. The summed E-state index contributed by atoms with van der Waals surface area (Å²) < 4.78 is 10.5. The molecule has 4 heteroatoms. The van der Waals surface area contributed by atoms with Gasteiger partial charge in [-0.15, -0.1) is 0 Å².